The van der Waals surface area contributed by atoms with Crippen LogP contribution in [0.4, 0.5) is 13.2 Å². The van der Waals surface area contributed by atoms with Crippen molar-refractivity contribution in [2.45, 2.75) is 26.4 Å². The lowest BCUT2D eigenvalue weighted by molar-refractivity contribution is -0.138. The van der Waals surface area contributed by atoms with Crippen LogP contribution in [-0.2, 0) is 6.18 Å². The number of carbonyl (C=O) groups is 1. The van der Waals surface area contributed by atoms with Crippen LogP contribution in [0.3, 0.4) is 0 Å². The third-order valence-corrected chi connectivity index (χ3v) is 4.66. The Labute approximate surface area is 130 Å². The summed E-state index contributed by atoms with van der Waals surface area (Å²) in [5.41, 5.74) is -0.720. The third-order valence-electron chi connectivity index (χ3n) is 3.97. The number of halogens is 4. The molecule has 1 aromatic rings. The van der Waals surface area contributed by atoms with Gasteiger partial charge in [-0.15, -0.1) is 0 Å². The van der Waals surface area contributed by atoms with Crippen LogP contribution in [0.2, 0.25) is 0 Å². The molecule has 1 atom stereocenters. The number of amides is 1. The molecule has 116 valence electrons. The minimum absolute atomic E-state index is 0.0481. The van der Waals surface area contributed by atoms with Gasteiger partial charge in [0.2, 0.25) is 0 Å². The van der Waals surface area contributed by atoms with E-state index in [1.165, 1.54) is 12.1 Å². The Morgan fingerprint density at radius 1 is 1.38 bits per heavy atom. The number of nitrogens with zero attached hydrogens (tertiary/aromatic N) is 1. The van der Waals surface area contributed by atoms with E-state index in [4.69, 9.17) is 0 Å². The number of rotatable bonds is 2. The van der Waals surface area contributed by atoms with Gasteiger partial charge in [0.05, 0.1) is 5.56 Å². The maximum absolute atomic E-state index is 12.9. The first-order valence-corrected chi connectivity index (χ1v) is 7.65. The van der Waals surface area contributed by atoms with E-state index in [0.717, 1.165) is 12.5 Å². The first-order chi connectivity index (χ1) is 9.70. The molecule has 1 unspecified atom stereocenters. The predicted octanol–water partition coefficient (Wildman–Crippen LogP) is 4.59. The average Bonchev–Trinajstić information content (AvgIpc) is 2.86. The molecule has 0 N–H and O–H groups in total. The lowest BCUT2D eigenvalue weighted by Crippen LogP contribution is -2.29. The second-order valence-corrected chi connectivity index (χ2v) is 6.59. The van der Waals surface area contributed by atoms with Crippen molar-refractivity contribution >= 4 is 21.8 Å². The summed E-state index contributed by atoms with van der Waals surface area (Å²) in [4.78, 5) is 14.0. The second kappa shape index (κ2) is 5.99. The first-order valence-electron chi connectivity index (χ1n) is 6.86. The smallest absolute Gasteiger partial charge is 0.338 e. The molecule has 1 aliphatic heterocycles. The van der Waals surface area contributed by atoms with E-state index in [-0.39, 0.29) is 15.9 Å². The molecule has 0 spiro atoms. The maximum atomic E-state index is 12.9. The summed E-state index contributed by atoms with van der Waals surface area (Å²) < 4.78 is 38.6. The van der Waals surface area contributed by atoms with Crippen LogP contribution in [0, 0.1) is 11.8 Å². The molecule has 0 radical (unpaired) electrons. The standard InChI is InChI=1S/C15H17BrF3NO/c1-9(2)11-5-6-20(8-11)14(21)10-3-4-13(16)12(7-10)15(17,18)19/h3-4,7,9,11H,5-6,8H2,1-2H3. The van der Waals surface area contributed by atoms with Crippen molar-refractivity contribution in [3.8, 4) is 0 Å². The van der Waals surface area contributed by atoms with Gasteiger partial charge in [-0.1, -0.05) is 29.8 Å². The molecule has 6 heteroatoms. The second-order valence-electron chi connectivity index (χ2n) is 5.74. The molecule has 0 aromatic heterocycles. The van der Waals surface area contributed by atoms with E-state index >= 15 is 0 Å². The van der Waals surface area contributed by atoms with Crippen molar-refractivity contribution in [2.24, 2.45) is 11.8 Å². The van der Waals surface area contributed by atoms with Crippen molar-refractivity contribution in [1.82, 2.24) is 4.90 Å². The maximum Gasteiger partial charge on any atom is 0.417 e. The molecule has 0 bridgehead atoms. The SMILES string of the molecule is CC(C)C1CCN(C(=O)c2ccc(Br)c(C(F)(F)F)c2)C1. The number of hydrogen-bond acceptors (Lipinski definition) is 1. The topological polar surface area (TPSA) is 20.3 Å². The molecule has 1 amide bonds. The summed E-state index contributed by atoms with van der Waals surface area (Å²) >= 11 is 2.88. The number of likely N-dealkylation sites (tertiary alicyclic amines) is 1. The number of alkyl halides is 3. The van der Waals surface area contributed by atoms with Gasteiger partial charge in [-0.25, -0.2) is 0 Å². The van der Waals surface area contributed by atoms with Crippen LogP contribution in [0.1, 0.15) is 36.2 Å². The quantitative estimate of drug-likeness (QED) is 0.752. The normalized spacial score (nSPS) is 19.4. The van der Waals surface area contributed by atoms with Gasteiger partial charge in [0.15, 0.2) is 0 Å². The molecule has 0 aliphatic carbocycles. The Hall–Kier alpha value is -1.04. The van der Waals surface area contributed by atoms with Gasteiger partial charge in [-0.3, -0.25) is 4.79 Å². The molecule has 1 aromatic carbocycles. The summed E-state index contributed by atoms with van der Waals surface area (Å²) in [5.74, 6) is 0.570. The number of carbonyl (C=O) groups excluding carboxylic acids is 1. The largest absolute Gasteiger partial charge is 0.417 e. The van der Waals surface area contributed by atoms with Gasteiger partial charge in [-0.05, 0) is 36.5 Å². The van der Waals surface area contributed by atoms with Gasteiger partial charge >= 0.3 is 6.18 Å². The molecular weight excluding hydrogens is 347 g/mol. The van der Waals surface area contributed by atoms with Crippen molar-refractivity contribution in [3.63, 3.8) is 0 Å². The van der Waals surface area contributed by atoms with Crippen LogP contribution in [-0.4, -0.2) is 23.9 Å². The Morgan fingerprint density at radius 3 is 2.57 bits per heavy atom. The molecule has 1 fully saturated rings. The van der Waals surface area contributed by atoms with Crippen LogP contribution in [0.5, 0.6) is 0 Å². The fourth-order valence-corrected chi connectivity index (χ4v) is 3.05. The zero-order chi connectivity index (χ0) is 15.8. The highest BCUT2D eigenvalue weighted by Gasteiger charge is 2.35. The Morgan fingerprint density at radius 2 is 2.05 bits per heavy atom. The predicted molar refractivity (Wildman–Crippen MR) is 78.0 cm³/mol. The van der Waals surface area contributed by atoms with Crippen LogP contribution < -0.4 is 0 Å². The lowest BCUT2D eigenvalue weighted by Gasteiger charge is -2.19. The third kappa shape index (κ3) is 3.59. The van der Waals surface area contributed by atoms with E-state index in [9.17, 15) is 18.0 Å². The van der Waals surface area contributed by atoms with Gasteiger partial charge in [0, 0.05) is 23.1 Å². The zero-order valence-electron chi connectivity index (χ0n) is 11.9. The molecule has 1 heterocycles. The number of hydrogen-bond donors (Lipinski definition) is 0. The Kier molecular flexibility index (Phi) is 4.66. The summed E-state index contributed by atoms with van der Waals surface area (Å²) in [6.07, 6.45) is -3.56. The van der Waals surface area contributed by atoms with E-state index in [1.807, 2.05) is 0 Å². The van der Waals surface area contributed by atoms with Gasteiger partial charge in [-0.2, -0.15) is 13.2 Å². The summed E-state index contributed by atoms with van der Waals surface area (Å²) in [6.45, 7) is 5.42. The highest BCUT2D eigenvalue weighted by atomic mass is 79.9. The monoisotopic (exact) mass is 363 g/mol. The molecule has 1 saturated heterocycles. The van der Waals surface area contributed by atoms with E-state index in [2.05, 4.69) is 29.8 Å². The zero-order valence-corrected chi connectivity index (χ0v) is 13.5. The fourth-order valence-electron chi connectivity index (χ4n) is 2.57. The fraction of sp³-hybridized carbons (Fsp3) is 0.533. The van der Waals surface area contributed by atoms with E-state index < -0.39 is 11.7 Å². The van der Waals surface area contributed by atoms with Gasteiger partial charge in [0.25, 0.3) is 5.91 Å². The minimum atomic E-state index is -4.47. The van der Waals surface area contributed by atoms with Gasteiger partial charge in [0.1, 0.15) is 0 Å². The highest BCUT2D eigenvalue weighted by molar-refractivity contribution is 9.10. The Bertz CT molecular complexity index is 542. The van der Waals surface area contributed by atoms with Crippen LogP contribution in [0.15, 0.2) is 22.7 Å². The summed E-state index contributed by atoms with van der Waals surface area (Å²) in [5, 5.41) is 0. The molecule has 0 saturated carbocycles. The average molecular weight is 364 g/mol. The van der Waals surface area contributed by atoms with Crippen molar-refractivity contribution in [3.05, 3.63) is 33.8 Å². The summed E-state index contributed by atoms with van der Waals surface area (Å²) in [6, 6.07) is 3.64. The Balaban J connectivity index is 2.21. The highest BCUT2D eigenvalue weighted by Crippen LogP contribution is 2.35. The van der Waals surface area contributed by atoms with E-state index in [1.54, 1.807) is 4.90 Å². The van der Waals surface area contributed by atoms with Crippen LogP contribution in [0.25, 0.3) is 0 Å². The van der Waals surface area contributed by atoms with Crippen molar-refractivity contribution in [2.75, 3.05) is 13.1 Å². The molecule has 2 nitrogen and oxygen atoms in total. The molecular formula is C15H17BrF3NO. The molecule has 2 rings (SSSR count). The molecule has 1 aliphatic rings. The number of benzene rings is 1. The summed E-state index contributed by atoms with van der Waals surface area (Å²) in [7, 11) is 0. The van der Waals surface area contributed by atoms with Crippen molar-refractivity contribution < 1.29 is 18.0 Å². The van der Waals surface area contributed by atoms with E-state index in [0.29, 0.717) is 24.9 Å². The van der Waals surface area contributed by atoms with Crippen LogP contribution >= 0.6 is 15.9 Å². The lowest BCUT2D eigenvalue weighted by atomic mass is 9.95. The first kappa shape index (κ1) is 16.3. The van der Waals surface area contributed by atoms with Gasteiger partial charge < -0.3 is 4.90 Å². The van der Waals surface area contributed by atoms with Crippen molar-refractivity contribution in [1.29, 1.82) is 0 Å². The minimum Gasteiger partial charge on any atom is -0.338 e. The molecule has 21 heavy (non-hydrogen) atoms.